The van der Waals surface area contributed by atoms with Crippen molar-refractivity contribution in [2.24, 2.45) is 5.92 Å². The van der Waals surface area contributed by atoms with Gasteiger partial charge in [0.1, 0.15) is 6.67 Å². The van der Waals surface area contributed by atoms with Crippen molar-refractivity contribution in [1.82, 2.24) is 0 Å². The number of hydrogen-bond donors (Lipinski definition) is 0. The van der Waals surface area contributed by atoms with Crippen LogP contribution in [0.1, 0.15) is 19.3 Å². The molecule has 30 heavy (non-hydrogen) atoms. The molecule has 0 saturated carbocycles. The highest BCUT2D eigenvalue weighted by Crippen LogP contribution is 2.59. The van der Waals surface area contributed by atoms with Crippen LogP contribution >= 0.6 is 0 Å². The summed E-state index contributed by atoms with van der Waals surface area (Å²) in [5, 5.41) is 0. The van der Waals surface area contributed by atoms with Crippen LogP contribution < -0.4 is 0 Å². The number of allylic oxidation sites excluding steroid dienone is 4. The fourth-order valence-corrected chi connectivity index (χ4v) is 2.77. The maximum Gasteiger partial charge on any atom is 0.460 e. The van der Waals surface area contributed by atoms with Crippen LogP contribution in [0, 0.1) is 5.92 Å². The van der Waals surface area contributed by atoms with Gasteiger partial charge in [0.15, 0.2) is 0 Å². The summed E-state index contributed by atoms with van der Waals surface area (Å²) < 4.78 is 198. The standard InChI is InChI=1S/C15H11F15/c16-6-7-4-2-1-3-5-8(10(17,18)12(21,22)14(25,26)27)9(7)11(19,20)13(23,24)15(28,29)30/h1,3,8H,2,4-6H2/b3-1-,9-7-. The zero-order chi connectivity index (χ0) is 24.0. The van der Waals surface area contributed by atoms with Gasteiger partial charge in [0.25, 0.3) is 0 Å². The van der Waals surface area contributed by atoms with E-state index in [-0.39, 0.29) is 0 Å². The maximum absolute atomic E-state index is 14.2. The summed E-state index contributed by atoms with van der Waals surface area (Å²) in [5.74, 6) is -31.9. The van der Waals surface area contributed by atoms with Gasteiger partial charge < -0.3 is 0 Å². The fraction of sp³-hybridized carbons (Fsp3) is 0.733. The first kappa shape index (κ1) is 26.5. The van der Waals surface area contributed by atoms with Crippen molar-refractivity contribution in [3.05, 3.63) is 23.3 Å². The van der Waals surface area contributed by atoms with Crippen LogP contribution in [0.25, 0.3) is 0 Å². The topological polar surface area (TPSA) is 0 Å². The van der Waals surface area contributed by atoms with Crippen LogP contribution in [-0.2, 0) is 0 Å². The molecule has 0 saturated heterocycles. The Morgan fingerprint density at radius 2 is 1.17 bits per heavy atom. The lowest BCUT2D eigenvalue weighted by molar-refractivity contribution is -0.370. The molecule has 0 nitrogen and oxygen atoms in total. The Labute approximate surface area is 158 Å². The first-order valence-electron chi connectivity index (χ1n) is 7.76. The molecule has 0 bridgehead atoms. The van der Waals surface area contributed by atoms with Crippen LogP contribution in [0.2, 0.25) is 0 Å². The smallest absolute Gasteiger partial charge is 0.246 e. The molecule has 15 heteroatoms. The van der Waals surface area contributed by atoms with Gasteiger partial charge in [0.2, 0.25) is 0 Å². The molecule has 0 amide bonds. The Balaban J connectivity index is 3.90. The predicted octanol–water partition coefficient (Wildman–Crippen LogP) is 7.27. The molecule has 0 N–H and O–H groups in total. The molecule has 1 rings (SSSR count). The molecule has 0 aromatic carbocycles. The van der Waals surface area contributed by atoms with Gasteiger partial charge in [-0.25, -0.2) is 4.39 Å². The first-order chi connectivity index (χ1) is 13.2. The number of alkyl halides is 15. The van der Waals surface area contributed by atoms with Gasteiger partial charge in [-0.3, -0.25) is 0 Å². The summed E-state index contributed by atoms with van der Waals surface area (Å²) in [6.07, 6.45) is -16.8. The third-order valence-electron chi connectivity index (χ3n) is 4.34. The zero-order valence-corrected chi connectivity index (χ0v) is 14.2. The van der Waals surface area contributed by atoms with Gasteiger partial charge in [-0.05, 0) is 24.8 Å². The van der Waals surface area contributed by atoms with Gasteiger partial charge >= 0.3 is 36.0 Å². The van der Waals surface area contributed by atoms with Crippen LogP contribution in [0.3, 0.4) is 0 Å². The molecule has 176 valence electrons. The van der Waals surface area contributed by atoms with Gasteiger partial charge in [0.05, 0.1) is 5.92 Å². The number of halogens is 15. The van der Waals surface area contributed by atoms with E-state index in [4.69, 9.17) is 0 Å². The Bertz CT molecular complexity index is 677. The molecule has 1 aliphatic carbocycles. The molecule has 0 heterocycles. The summed E-state index contributed by atoms with van der Waals surface area (Å²) in [6, 6.07) is 0. The van der Waals surface area contributed by atoms with Gasteiger partial charge in [-0.1, -0.05) is 12.2 Å². The summed E-state index contributed by atoms with van der Waals surface area (Å²) in [6.45, 7) is -2.36. The Morgan fingerprint density at radius 3 is 1.57 bits per heavy atom. The molecule has 1 aliphatic rings. The van der Waals surface area contributed by atoms with E-state index in [0.29, 0.717) is 6.08 Å². The van der Waals surface area contributed by atoms with Gasteiger partial charge in [0, 0.05) is 5.57 Å². The van der Waals surface area contributed by atoms with Crippen molar-refractivity contribution in [1.29, 1.82) is 0 Å². The second-order valence-corrected chi connectivity index (χ2v) is 6.29. The molecular weight excluding hydrogens is 465 g/mol. The molecule has 0 fully saturated rings. The molecule has 0 aromatic rings. The van der Waals surface area contributed by atoms with Crippen molar-refractivity contribution < 1.29 is 65.9 Å². The largest absolute Gasteiger partial charge is 0.460 e. The Morgan fingerprint density at radius 1 is 0.700 bits per heavy atom. The fourth-order valence-electron chi connectivity index (χ4n) is 2.77. The highest BCUT2D eigenvalue weighted by molar-refractivity contribution is 5.33. The number of rotatable bonds is 5. The van der Waals surface area contributed by atoms with Gasteiger partial charge in [-0.15, -0.1) is 0 Å². The van der Waals surface area contributed by atoms with Crippen molar-refractivity contribution in [2.75, 3.05) is 6.67 Å². The third-order valence-corrected chi connectivity index (χ3v) is 4.34. The molecule has 0 radical (unpaired) electrons. The minimum atomic E-state index is -7.18. The highest BCUT2D eigenvalue weighted by atomic mass is 19.4. The van der Waals surface area contributed by atoms with E-state index in [2.05, 4.69) is 0 Å². The van der Waals surface area contributed by atoms with Crippen LogP contribution in [-0.4, -0.2) is 42.7 Å². The lowest BCUT2D eigenvalue weighted by atomic mass is 9.76. The number of hydrogen-bond acceptors (Lipinski definition) is 0. The van der Waals surface area contributed by atoms with E-state index in [1.165, 1.54) is 0 Å². The van der Waals surface area contributed by atoms with E-state index in [1.54, 1.807) is 0 Å². The molecule has 1 unspecified atom stereocenters. The molecule has 0 aromatic heterocycles. The SMILES string of the molecule is FC/C1=C(\C(F)(F)C(F)(F)C(F)(F)F)C(C(F)(F)C(F)(F)C(F)(F)F)C/C=C\CC1. The first-order valence-corrected chi connectivity index (χ1v) is 7.76. The van der Waals surface area contributed by atoms with Crippen LogP contribution in [0.5, 0.6) is 0 Å². The van der Waals surface area contributed by atoms with E-state index in [1.807, 2.05) is 0 Å². The minimum absolute atomic E-state index is 0.335. The Kier molecular flexibility index (Phi) is 6.92. The quantitative estimate of drug-likeness (QED) is 0.289. The van der Waals surface area contributed by atoms with Crippen molar-refractivity contribution in [3.8, 4) is 0 Å². The lowest BCUT2D eigenvalue weighted by Crippen LogP contribution is -2.60. The van der Waals surface area contributed by atoms with E-state index in [9.17, 15) is 65.9 Å². The van der Waals surface area contributed by atoms with Gasteiger partial charge in [-0.2, -0.15) is 61.5 Å². The lowest BCUT2D eigenvalue weighted by Gasteiger charge is -2.40. The Hall–Kier alpha value is -1.57. The summed E-state index contributed by atoms with van der Waals surface area (Å²) >= 11 is 0. The average molecular weight is 476 g/mol. The zero-order valence-electron chi connectivity index (χ0n) is 14.2. The molecule has 0 spiro atoms. The van der Waals surface area contributed by atoms with Crippen LogP contribution in [0.4, 0.5) is 65.9 Å². The van der Waals surface area contributed by atoms with E-state index >= 15 is 0 Å². The summed E-state index contributed by atoms with van der Waals surface area (Å²) in [5.41, 5.74) is -4.98. The molecule has 0 aliphatic heterocycles. The predicted molar refractivity (Wildman–Crippen MR) is 71.4 cm³/mol. The maximum atomic E-state index is 14.2. The minimum Gasteiger partial charge on any atom is -0.246 e. The molecule has 1 atom stereocenters. The van der Waals surface area contributed by atoms with Crippen molar-refractivity contribution in [3.63, 3.8) is 0 Å². The van der Waals surface area contributed by atoms with Crippen LogP contribution in [0.15, 0.2) is 23.3 Å². The van der Waals surface area contributed by atoms with Crippen molar-refractivity contribution in [2.45, 2.75) is 55.3 Å². The average Bonchev–Trinajstić information content (AvgIpc) is 2.51. The highest BCUT2D eigenvalue weighted by Gasteiger charge is 2.80. The second-order valence-electron chi connectivity index (χ2n) is 6.29. The molecular formula is C15H11F15. The second kappa shape index (κ2) is 7.84. The third kappa shape index (κ3) is 4.12. The van der Waals surface area contributed by atoms with E-state index < -0.39 is 79.0 Å². The summed E-state index contributed by atoms with van der Waals surface area (Å²) in [4.78, 5) is 0. The monoisotopic (exact) mass is 476 g/mol. The van der Waals surface area contributed by atoms with Crippen molar-refractivity contribution >= 4 is 0 Å². The van der Waals surface area contributed by atoms with E-state index in [0.717, 1.165) is 6.08 Å². The normalized spacial score (nSPS) is 24.4. The summed E-state index contributed by atoms with van der Waals surface area (Å²) in [7, 11) is 0.